The average molecular weight is 305 g/mol. The topological polar surface area (TPSA) is 9.23 Å². The van der Waals surface area contributed by atoms with Crippen molar-refractivity contribution in [3.8, 4) is 0 Å². The van der Waals surface area contributed by atoms with Crippen molar-refractivity contribution in [3.05, 3.63) is 24.0 Å². The molecule has 1 unspecified atom stereocenters. The first-order valence-corrected chi connectivity index (χ1v) is 7.33. The Labute approximate surface area is 112 Å². The number of ether oxygens (including phenoxy) is 1. The summed E-state index contributed by atoms with van der Waals surface area (Å²) in [4.78, 5) is 0. The Morgan fingerprint density at radius 3 is 2.71 bits per heavy atom. The van der Waals surface area contributed by atoms with Crippen molar-refractivity contribution in [2.45, 2.75) is 56.4 Å². The summed E-state index contributed by atoms with van der Waals surface area (Å²) in [6.45, 7) is 2.90. The predicted octanol–water partition coefficient (Wildman–Crippen LogP) is 5.27. The molecule has 1 aliphatic carbocycles. The lowest BCUT2D eigenvalue weighted by molar-refractivity contribution is 0.207. The highest BCUT2D eigenvalue weighted by atomic mass is 79.9. The first-order valence-electron chi connectivity index (χ1n) is 6.54. The van der Waals surface area contributed by atoms with E-state index in [1.165, 1.54) is 38.2 Å². The average Bonchev–Trinajstić information content (AvgIpc) is 2.27. The third kappa shape index (κ3) is 6.87. The molecule has 1 aliphatic rings. The van der Waals surface area contributed by atoms with Crippen LogP contribution in [0.25, 0.3) is 0 Å². The highest BCUT2D eigenvalue weighted by molar-refractivity contribution is 9.10. The Morgan fingerprint density at radius 2 is 2.00 bits per heavy atom. The molecule has 1 rings (SSSR count). The molecule has 3 heteroatoms. The van der Waals surface area contributed by atoms with Gasteiger partial charge < -0.3 is 4.74 Å². The van der Waals surface area contributed by atoms with Crippen LogP contribution in [0.5, 0.6) is 0 Å². The molecule has 0 aliphatic heterocycles. The van der Waals surface area contributed by atoms with Gasteiger partial charge in [0.2, 0.25) is 0 Å². The van der Waals surface area contributed by atoms with Gasteiger partial charge in [-0.3, -0.25) is 0 Å². The highest BCUT2D eigenvalue weighted by Crippen LogP contribution is 2.31. The lowest BCUT2D eigenvalue weighted by atomic mass is 10.1. The Kier molecular flexibility index (Phi) is 6.86. The third-order valence-electron chi connectivity index (χ3n) is 2.79. The van der Waals surface area contributed by atoms with Crippen LogP contribution in [0.4, 0.5) is 4.39 Å². The Hall–Kier alpha value is -0.310. The zero-order chi connectivity index (χ0) is 12.6. The molecule has 0 aromatic carbocycles. The molecule has 0 spiro atoms. The van der Waals surface area contributed by atoms with Crippen LogP contribution < -0.4 is 0 Å². The summed E-state index contributed by atoms with van der Waals surface area (Å²) in [5, 5.41) is 0. The van der Waals surface area contributed by atoms with Crippen LogP contribution in [0.2, 0.25) is 0 Å². The molecule has 0 aromatic heterocycles. The van der Waals surface area contributed by atoms with Crippen LogP contribution in [0, 0.1) is 0 Å². The van der Waals surface area contributed by atoms with E-state index in [9.17, 15) is 4.39 Å². The summed E-state index contributed by atoms with van der Waals surface area (Å²) >= 11 is 3.01. The van der Waals surface area contributed by atoms with E-state index in [2.05, 4.69) is 22.9 Å². The van der Waals surface area contributed by atoms with Crippen LogP contribution in [-0.4, -0.2) is 11.2 Å². The molecule has 0 fully saturated rings. The largest absolute Gasteiger partial charge is 0.494 e. The van der Waals surface area contributed by atoms with E-state index in [0.717, 1.165) is 6.42 Å². The number of alkyl halides is 2. The second-order valence-electron chi connectivity index (χ2n) is 4.53. The molecule has 98 valence electrons. The van der Waals surface area contributed by atoms with E-state index >= 15 is 0 Å². The summed E-state index contributed by atoms with van der Waals surface area (Å²) < 4.78 is 17.7. The second kappa shape index (κ2) is 7.91. The normalized spacial score (nSPS) is 23.6. The van der Waals surface area contributed by atoms with Gasteiger partial charge in [0, 0.05) is 12.5 Å². The Balaban J connectivity index is 2.07. The Bertz CT molecular complexity index is 271. The number of hydrogen-bond donors (Lipinski definition) is 0. The van der Waals surface area contributed by atoms with E-state index in [1.54, 1.807) is 6.08 Å². The van der Waals surface area contributed by atoms with Gasteiger partial charge in [-0.25, -0.2) is 4.39 Å². The SMILES string of the molecule is CCCCCCCCOC1=CC(F)(Br)CC=C1. The van der Waals surface area contributed by atoms with Crippen molar-refractivity contribution in [2.24, 2.45) is 0 Å². The summed E-state index contributed by atoms with van der Waals surface area (Å²) in [6, 6.07) is 0. The monoisotopic (exact) mass is 304 g/mol. The van der Waals surface area contributed by atoms with Crippen molar-refractivity contribution in [1.29, 1.82) is 0 Å². The van der Waals surface area contributed by atoms with Crippen molar-refractivity contribution in [3.63, 3.8) is 0 Å². The zero-order valence-corrected chi connectivity index (χ0v) is 12.1. The smallest absolute Gasteiger partial charge is 0.190 e. The third-order valence-corrected chi connectivity index (χ3v) is 3.34. The van der Waals surface area contributed by atoms with Gasteiger partial charge in [0.1, 0.15) is 5.76 Å². The quantitative estimate of drug-likeness (QED) is 0.438. The maximum Gasteiger partial charge on any atom is 0.190 e. The van der Waals surface area contributed by atoms with Gasteiger partial charge in [-0.2, -0.15) is 0 Å². The van der Waals surface area contributed by atoms with E-state index in [0.29, 0.717) is 18.8 Å². The van der Waals surface area contributed by atoms with Gasteiger partial charge in [-0.15, -0.1) is 0 Å². The van der Waals surface area contributed by atoms with Crippen LogP contribution in [0.15, 0.2) is 24.0 Å². The van der Waals surface area contributed by atoms with E-state index in [1.807, 2.05) is 6.08 Å². The van der Waals surface area contributed by atoms with Gasteiger partial charge in [0.05, 0.1) is 6.61 Å². The van der Waals surface area contributed by atoms with Gasteiger partial charge in [0.15, 0.2) is 4.58 Å². The molecule has 1 atom stereocenters. The molecule has 0 aromatic rings. The molecule has 0 heterocycles. The molecular formula is C14H22BrFO. The molecule has 0 amide bonds. The number of rotatable bonds is 8. The van der Waals surface area contributed by atoms with Crippen LogP contribution in [0.1, 0.15) is 51.9 Å². The minimum Gasteiger partial charge on any atom is -0.494 e. The predicted molar refractivity (Wildman–Crippen MR) is 73.9 cm³/mol. The van der Waals surface area contributed by atoms with Crippen LogP contribution in [0.3, 0.4) is 0 Å². The molecular weight excluding hydrogens is 283 g/mol. The van der Waals surface area contributed by atoms with E-state index in [-0.39, 0.29) is 0 Å². The first kappa shape index (κ1) is 14.7. The fourth-order valence-corrected chi connectivity index (χ4v) is 2.22. The molecule has 1 nitrogen and oxygen atoms in total. The summed E-state index contributed by atoms with van der Waals surface area (Å²) in [5.41, 5.74) is 0. The zero-order valence-electron chi connectivity index (χ0n) is 10.6. The fourth-order valence-electron chi connectivity index (χ4n) is 1.81. The molecule has 0 saturated heterocycles. The van der Waals surface area contributed by atoms with Crippen molar-refractivity contribution < 1.29 is 9.13 Å². The standard InChI is InChI=1S/C14H22BrFO/c1-2-3-4-5-6-7-11-17-13-9-8-10-14(15,16)12-13/h8-9,12H,2-7,10-11H2,1H3. The summed E-state index contributed by atoms with van der Waals surface area (Å²) in [6.07, 6.45) is 13.0. The molecule has 17 heavy (non-hydrogen) atoms. The maximum atomic E-state index is 13.5. The minimum atomic E-state index is -1.42. The van der Waals surface area contributed by atoms with E-state index in [4.69, 9.17) is 4.74 Å². The molecule has 0 bridgehead atoms. The van der Waals surface area contributed by atoms with E-state index < -0.39 is 4.58 Å². The summed E-state index contributed by atoms with van der Waals surface area (Å²) in [7, 11) is 0. The Morgan fingerprint density at radius 1 is 1.29 bits per heavy atom. The second-order valence-corrected chi connectivity index (χ2v) is 5.85. The number of unbranched alkanes of at least 4 members (excludes halogenated alkanes) is 5. The summed E-state index contributed by atoms with van der Waals surface area (Å²) in [5.74, 6) is 0.643. The van der Waals surface area contributed by atoms with Crippen LogP contribution >= 0.6 is 15.9 Å². The van der Waals surface area contributed by atoms with Gasteiger partial charge in [-0.1, -0.05) is 45.1 Å². The fraction of sp³-hybridized carbons (Fsp3) is 0.714. The molecule has 0 saturated carbocycles. The maximum absolute atomic E-state index is 13.5. The number of halogens is 2. The minimum absolute atomic E-state index is 0.372. The van der Waals surface area contributed by atoms with Gasteiger partial charge in [-0.05, 0) is 28.4 Å². The van der Waals surface area contributed by atoms with Crippen molar-refractivity contribution in [2.75, 3.05) is 6.61 Å². The highest BCUT2D eigenvalue weighted by Gasteiger charge is 2.24. The lowest BCUT2D eigenvalue weighted by Crippen LogP contribution is -2.13. The van der Waals surface area contributed by atoms with Crippen LogP contribution in [-0.2, 0) is 4.74 Å². The lowest BCUT2D eigenvalue weighted by Gasteiger charge is -2.18. The van der Waals surface area contributed by atoms with Gasteiger partial charge in [0.25, 0.3) is 0 Å². The van der Waals surface area contributed by atoms with Crippen molar-refractivity contribution >= 4 is 15.9 Å². The first-order chi connectivity index (χ1) is 8.14. The molecule has 0 radical (unpaired) electrons. The van der Waals surface area contributed by atoms with Gasteiger partial charge >= 0.3 is 0 Å². The number of allylic oxidation sites excluding steroid dienone is 3. The molecule has 0 N–H and O–H groups in total. The number of hydrogen-bond acceptors (Lipinski definition) is 1. The van der Waals surface area contributed by atoms with Crippen molar-refractivity contribution in [1.82, 2.24) is 0 Å².